The van der Waals surface area contributed by atoms with Gasteiger partial charge < -0.3 is 15.0 Å². The first-order valence-electron chi connectivity index (χ1n) is 8.76. The molecule has 3 saturated heterocycles. The number of likely N-dealkylation sites (tertiary alicyclic amines) is 1. The number of carbonyl (C=O) groups is 1. The number of nitrogens with zero attached hydrogens (tertiary/aromatic N) is 2. The topological polar surface area (TPSA) is 54.5 Å². The van der Waals surface area contributed by atoms with Gasteiger partial charge >= 0.3 is 0 Å². The van der Waals surface area contributed by atoms with E-state index in [1.807, 2.05) is 12.4 Å². The molecular weight excluding hydrogens is 290 g/mol. The van der Waals surface area contributed by atoms with Gasteiger partial charge in [-0.3, -0.25) is 9.78 Å². The molecule has 1 aromatic heterocycles. The predicted octanol–water partition coefficient (Wildman–Crippen LogP) is 1.56. The zero-order valence-corrected chi connectivity index (χ0v) is 13.5. The summed E-state index contributed by atoms with van der Waals surface area (Å²) in [6, 6.07) is 4.13. The summed E-state index contributed by atoms with van der Waals surface area (Å²) in [6.07, 6.45) is 7.55. The maximum Gasteiger partial charge on any atom is 0.221 e. The predicted molar refractivity (Wildman–Crippen MR) is 87.1 cm³/mol. The molecule has 4 rings (SSSR count). The maximum atomic E-state index is 12.1. The molecule has 0 bridgehead atoms. The Morgan fingerprint density at radius 2 is 2.09 bits per heavy atom. The van der Waals surface area contributed by atoms with E-state index in [-0.39, 0.29) is 17.4 Å². The lowest BCUT2D eigenvalue weighted by Gasteiger charge is -2.43. The van der Waals surface area contributed by atoms with Crippen LogP contribution in [0.3, 0.4) is 0 Å². The Morgan fingerprint density at radius 1 is 1.30 bits per heavy atom. The van der Waals surface area contributed by atoms with Gasteiger partial charge in [-0.25, -0.2) is 0 Å². The largest absolute Gasteiger partial charge is 0.381 e. The summed E-state index contributed by atoms with van der Waals surface area (Å²) in [6.45, 7) is 5.11. The second kappa shape index (κ2) is 6.21. The van der Waals surface area contributed by atoms with Crippen molar-refractivity contribution in [3.63, 3.8) is 0 Å². The molecule has 124 valence electrons. The highest BCUT2D eigenvalue weighted by molar-refractivity contribution is 5.81. The molecule has 5 nitrogen and oxygen atoms in total. The minimum absolute atomic E-state index is 0.0545. The van der Waals surface area contributed by atoms with E-state index in [1.165, 1.54) is 12.0 Å². The van der Waals surface area contributed by atoms with E-state index in [4.69, 9.17) is 4.74 Å². The van der Waals surface area contributed by atoms with Crippen LogP contribution in [0, 0.1) is 5.92 Å². The first kappa shape index (κ1) is 15.1. The standard InChI is InChI=1S/C18H25N3O2/c22-17-11-16(15-1-6-19-7-2-15)18(20-17)4-8-21(9-5-18)12-14-3-10-23-13-14/h1-2,6-7,14,16H,3-5,8-13H2,(H,20,22)/t14-,16-/m0/s1. The molecule has 1 N–H and O–H groups in total. The van der Waals surface area contributed by atoms with Crippen LogP contribution >= 0.6 is 0 Å². The molecule has 0 saturated carbocycles. The molecule has 0 aliphatic carbocycles. The van der Waals surface area contributed by atoms with Gasteiger partial charge in [0.2, 0.25) is 5.91 Å². The molecular formula is C18H25N3O2. The summed E-state index contributed by atoms with van der Waals surface area (Å²) in [5, 5.41) is 3.32. The number of ether oxygens (including phenoxy) is 1. The second-order valence-electron chi connectivity index (χ2n) is 7.27. The van der Waals surface area contributed by atoms with E-state index in [2.05, 4.69) is 27.3 Å². The van der Waals surface area contributed by atoms with Crippen LogP contribution in [0.2, 0.25) is 0 Å². The molecule has 2 atom stereocenters. The van der Waals surface area contributed by atoms with E-state index >= 15 is 0 Å². The number of rotatable bonds is 3. The van der Waals surface area contributed by atoms with Gasteiger partial charge in [-0.2, -0.15) is 0 Å². The van der Waals surface area contributed by atoms with Crippen LogP contribution in [0.15, 0.2) is 24.5 Å². The molecule has 23 heavy (non-hydrogen) atoms. The molecule has 3 aliphatic rings. The minimum atomic E-state index is -0.0545. The maximum absolute atomic E-state index is 12.1. The zero-order valence-electron chi connectivity index (χ0n) is 13.5. The van der Waals surface area contributed by atoms with Crippen LogP contribution in [-0.4, -0.2) is 54.2 Å². The van der Waals surface area contributed by atoms with Crippen molar-refractivity contribution in [3.8, 4) is 0 Å². The van der Waals surface area contributed by atoms with Gasteiger partial charge in [0.05, 0.1) is 6.61 Å². The van der Waals surface area contributed by atoms with Crippen LogP contribution in [0.5, 0.6) is 0 Å². The normalized spacial score (nSPS) is 30.7. The highest BCUT2D eigenvalue weighted by Gasteiger charge is 2.48. The zero-order chi connectivity index (χ0) is 15.7. The lowest BCUT2D eigenvalue weighted by Crippen LogP contribution is -2.54. The molecule has 0 unspecified atom stereocenters. The van der Waals surface area contributed by atoms with Crippen molar-refractivity contribution in [2.45, 2.75) is 37.1 Å². The molecule has 0 aromatic carbocycles. The fourth-order valence-electron chi connectivity index (χ4n) is 4.53. The van der Waals surface area contributed by atoms with Crippen molar-refractivity contribution in [3.05, 3.63) is 30.1 Å². The van der Waals surface area contributed by atoms with Gasteiger partial charge in [0.15, 0.2) is 0 Å². The second-order valence-corrected chi connectivity index (χ2v) is 7.27. The van der Waals surface area contributed by atoms with Gasteiger partial charge in [-0.15, -0.1) is 0 Å². The van der Waals surface area contributed by atoms with Gasteiger partial charge in [0.1, 0.15) is 0 Å². The van der Waals surface area contributed by atoms with E-state index in [0.29, 0.717) is 12.3 Å². The average molecular weight is 315 g/mol. The first-order valence-corrected chi connectivity index (χ1v) is 8.76. The van der Waals surface area contributed by atoms with Crippen LogP contribution in [0.25, 0.3) is 0 Å². The number of carbonyl (C=O) groups excluding carboxylic acids is 1. The number of nitrogens with one attached hydrogen (secondary N) is 1. The Labute approximate surface area is 137 Å². The first-order chi connectivity index (χ1) is 11.3. The number of piperidine rings is 1. The van der Waals surface area contributed by atoms with Crippen LogP contribution in [-0.2, 0) is 9.53 Å². The van der Waals surface area contributed by atoms with Gasteiger partial charge in [-0.05, 0) is 42.9 Å². The van der Waals surface area contributed by atoms with Crippen molar-refractivity contribution < 1.29 is 9.53 Å². The van der Waals surface area contributed by atoms with Crippen molar-refractivity contribution in [1.29, 1.82) is 0 Å². The van der Waals surface area contributed by atoms with Crippen molar-refractivity contribution in [2.75, 3.05) is 32.8 Å². The summed E-state index contributed by atoms with van der Waals surface area (Å²) in [4.78, 5) is 18.8. The van der Waals surface area contributed by atoms with Crippen LogP contribution in [0.1, 0.15) is 37.2 Å². The quantitative estimate of drug-likeness (QED) is 0.920. The Hall–Kier alpha value is -1.46. The van der Waals surface area contributed by atoms with Crippen molar-refractivity contribution in [1.82, 2.24) is 15.2 Å². The molecule has 5 heteroatoms. The minimum Gasteiger partial charge on any atom is -0.381 e. The smallest absolute Gasteiger partial charge is 0.221 e. The number of amides is 1. The van der Waals surface area contributed by atoms with E-state index in [0.717, 1.165) is 45.7 Å². The van der Waals surface area contributed by atoms with Crippen LogP contribution in [0.4, 0.5) is 0 Å². The van der Waals surface area contributed by atoms with Crippen molar-refractivity contribution in [2.24, 2.45) is 5.92 Å². The molecule has 1 amide bonds. The fourth-order valence-corrected chi connectivity index (χ4v) is 4.53. The third-order valence-electron chi connectivity index (χ3n) is 5.84. The Kier molecular flexibility index (Phi) is 4.07. The molecule has 4 heterocycles. The molecule has 3 aliphatic heterocycles. The molecule has 1 aromatic rings. The number of hydrogen-bond acceptors (Lipinski definition) is 4. The Morgan fingerprint density at radius 3 is 2.78 bits per heavy atom. The highest BCUT2D eigenvalue weighted by atomic mass is 16.5. The summed E-state index contributed by atoms with van der Waals surface area (Å²) >= 11 is 0. The third-order valence-corrected chi connectivity index (χ3v) is 5.84. The average Bonchev–Trinajstić information content (AvgIpc) is 3.19. The summed E-state index contributed by atoms with van der Waals surface area (Å²) in [5.74, 6) is 1.18. The van der Waals surface area contributed by atoms with Gasteiger partial charge in [-0.1, -0.05) is 0 Å². The number of aromatic nitrogens is 1. The lowest BCUT2D eigenvalue weighted by atomic mass is 9.74. The molecule has 1 spiro atoms. The summed E-state index contributed by atoms with van der Waals surface area (Å²) in [7, 11) is 0. The Balaban J connectivity index is 1.44. The molecule has 0 radical (unpaired) electrons. The van der Waals surface area contributed by atoms with E-state index in [1.54, 1.807) is 0 Å². The third kappa shape index (κ3) is 3.00. The Bertz CT molecular complexity index is 549. The highest BCUT2D eigenvalue weighted by Crippen LogP contribution is 2.43. The van der Waals surface area contributed by atoms with E-state index in [9.17, 15) is 4.79 Å². The van der Waals surface area contributed by atoms with Gasteiger partial charge in [0.25, 0.3) is 0 Å². The summed E-state index contributed by atoms with van der Waals surface area (Å²) < 4.78 is 5.49. The SMILES string of the molecule is O=C1C[C@@H](c2ccncc2)C2(CCN(C[C@@H]3CCOC3)CC2)N1. The van der Waals surface area contributed by atoms with Crippen LogP contribution < -0.4 is 5.32 Å². The lowest BCUT2D eigenvalue weighted by molar-refractivity contribution is -0.120. The monoisotopic (exact) mass is 315 g/mol. The van der Waals surface area contributed by atoms with Crippen molar-refractivity contribution >= 4 is 5.91 Å². The van der Waals surface area contributed by atoms with E-state index < -0.39 is 0 Å². The number of pyridine rings is 1. The fraction of sp³-hybridized carbons (Fsp3) is 0.667. The molecule has 3 fully saturated rings. The summed E-state index contributed by atoms with van der Waals surface area (Å²) in [5.41, 5.74) is 1.19. The van der Waals surface area contributed by atoms with Gasteiger partial charge in [0, 0.05) is 56.5 Å². The number of hydrogen-bond donors (Lipinski definition) is 1.